The van der Waals surface area contributed by atoms with Crippen molar-refractivity contribution >= 4 is 14.2 Å². The molecule has 0 saturated heterocycles. The predicted octanol–water partition coefficient (Wildman–Crippen LogP) is 6.39. The van der Waals surface area contributed by atoms with Crippen LogP contribution in [-0.4, -0.2) is 5.78 Å². The molecule has 0 heterocycles. The van der Waals surface area contributed by atoms with E-state index in [2.05, 4.69) is 19.1 Å². The quantitative estimate of drug-likeness (QED) is 0.462. The van der Waals surface area contributed by atoms with Gasteiger partial charge in [0.25, 0.3) is 0 Å². The van der Waals surface area contributed by atoms with Crippen molar-refractivity contribution in [2.24, 2.45) is 5.41 Å². The molecule has 0 N–H and O–H groups in total. The summed E-state index contributed by atoms with van der Waals surface area (Å²) in [5, 5.41) is 0. The van der Waals surface area contributed by atoms with Gasteiger partial charge in [0.15, 0.2) is 14.2 Å². The highest BCUT2D eigenvalue weighted by molar-refractivity contribution is 7.24. The first-order valence-electron chi connectivity index (χ1n) is 8.99. The highest BCUT2D eigenvalue weighted by Gasteiger charge is 2.49. The molecule has 2 aromatic rings. The van der Waals surface area contributed by atoms with Gasteiger partial charge < -0.3 is 0 Å². The molecule has 1 atom stereocenters. The lowest BCUT2D eigenvalue weighted by Crippen LogP contribution is -2.34. The third kappa shape index (κ3) is 3.20. The average molecular weight is 352 g/mol. The van der Waals surface area contributed by atoms with Crippen molar-refractivity contribution in [3.8, 4) is 0 Å². The van der Waals surface area contributed by atoms with Crippen LogP contribution in [-0.2, 0) is 4.57 Å². The van der Waals surface area contributed by atoms with Gasteiger partial charge in [-0.25, -0.2) is 0 Å². The fourth-order valence-corrected chi connectivity index (χ4v) is 5.40. The van der Waals surface area contributed by atoms with E-state index in [0.29, 0.717) is 0 Å². The monoisotopic (exact) mass is 352 g/mol. The molecule has 3 heteroatoms. The highest BCUT2D eigenvalue weighted by Crippen LogP contribution is 2.55. The molecule has 3 rings (SSSR count). The fourth-order valence-electron chi connectivity index (χ4n) is 4.53. The summed E-state index contributed by atoms with van der Waals surface area (Å²) < 4.78 is 12.2. The second-order valence-corrected chi connectivity index (χ2v) is 8.11. The van der Waals surface area contributed by atoms with E-state index in [9.17, 15) is 9.36 Å². The van der Waals surface area contributed by atoms with Crippen molar-refractivity contribution in [1.82, 2.24) is 0 Å². The molecule has 1 fully saturated rings. The van der Waals surface area contributed by atoms with E-state index in [-0.39, 0.29) is 19.9 Å². The number of ketones is 1. The van der Waals surface area contributed by atoms with Crippen LogP contribution < -0.4 is 0 Å². The van der Waals surface area contributed by atoms with Crippen LogP contribution in [0.15, 0.2) is 42.5 Å². The van der Waals surface area contributed by atoms with Crippen LogP contribution in [0.5, 0.6) is 0 Å². The van der Waals surface area contributed by atoms with Gasteiger partial charge in [-0.1, -0.05) is 60.9 Å². The minimum atomic E-state index is -0.560. The maximum Gasteiger partial charge on any atom is 0.170 e. The summed E-state index contributed by atoms with van der Waals surface area (Å²) in [7, 11) is 0.0378. The molecule has 25 heavy (non-hydrogen) atoms. The van der Waals surface area contributed by atoms with Crippen molar-refractivity contribution in [2.45, 2.75) is 52.1 Å². The van der Waals surface area contributed by atoms with Crippen LogP contribution in [0.25, 0.3) is 0 Å². The summed E-state index contributed by atoms with van der Waals surface area (Å²) in [4.78, 5) is 13.8. The van der Waals surface area contributed by atoms with Gasteiger partial charge in [0, 0.05) is 5.56 Å². The Morgan fingerprint density at radius 3 is 2.08 bits per heavy atom. The first kappa shape index (κ1) is 18.0. The van der Waals surface area contributed by atoms with Crippen LogP contribution in [0.4, 0.5) is 0 Å². The van der Waals surface area contributed by atoms with Crippen molar-refractivity contribution in [2.75, 3.05) is 0 Å². The predicted molar refractivity (Wildman–Crippen MR) is 103 cm³/mol. The van der Waals surface area contributed by atoms with Gasteiger partial charge in [0.2, 0.25) is 0 Å². The van der Waals surface area contributed by atoms with E-state index < -0.39 is 5.41 Å². The molecule has 1 saturated carbocycles. The van der Waals surface area contributed by atoms with Crippen molar-refractivity contribution in [3.63, 3.8) is 0 Å². The molecule has 0 aliphatic heterocycles. The number of rotatable bonds is 5. The average Bonchev–Trinajstić information content (AvgIpc) is 3.06. The zero-order chi connectivity index (χ0) is 18.0. The molecule has 0 aromatic heterocycles. The van der Waals surface area contributed by atoms with Crippen molar-refractivity contribution < 1.29 is 9.36 Å². The molecule has 130 valence electrons. The number of aryl methyl sites for hydroxylation is 3. The SMILES string of the molecule is Cc1cc(C)c(C(=O)C2(C(P=O)c3ccccc3)CCCC2)c(C)c1. The third-order valence-electron chi connectivity index (χ3n) is 5.60. The van der Waals surface area contributed by atoms with E-state index in [4.69, 9.17) is 0 Å². The van der Waals surface area contributed by atoms with Gasteiger partial charge in [0.05, 0.1) is 11.1 Å². The molecule has 0 bridgehead atoms. The Hall–Kier alpha value is -1.79. The Morgan fingerprint density at radius 1 is 1.00 bits per heavy atom. The summed E-state index contributed by atoms with van der Waals surface area (Å²) in [5.74, 6) is 0.178. The van der Waals surface area contributed by atoms with Crippen LogP contribution in [0.2, 0.25) is 0 Å². The smallest absolute Gasteiger partial charge is 0.170 e. The summed E-state index contributed by atoms with van der Waals surface area (Å²) in [5.41, 5.74) is 4.23. The Balaban J connectivity index is 2.12. The standard InChI is InChI=1S/C22H25O2P/c1-15-13-16(2)19(17(3)14-15)20(23)22(11-7-8-12-22)21(25-24)18-9-5-4-6-10-18/h4-6,9-10,13-14,21H,7-8,11-12H2,1-3H3. The van der Waals surface area contributed by atoms with Crippen molar-refractivity contribution in [3.05, 3.63) is 70.3 Å². The summed E-state index contributed by atoms with van der Waals surface area (Å²) >= 11 is 0. The first-order chi connectivity index (χ1) is 12.0. The van der Waals surface area contributed by atoms with E-state index in [1.54, 1.807) is 0 Å². The topological polar surface area (TPSA) is 34.1 Å². The number of benzene rings is 2. The molecule has 0 radical (unpaired) electrons. The third-order valence-corrected chi connectivity index (χ3v) is 6.60. The largest absolute Gasteiger partial charge is 0.293 e. The van der Waals surface area contributed by atoms with E-state index in [0.717, 1.165) is 47.9 Å². The van der Waals surface area contributed by atoms with Gasteiger partial charge in [-0.3, -0.25) is 9.36 Å². The van der Waals surface area contributed by atoms with Crippen LogP contribution in [0.1, 0.15) is 64.0 Å². The number of hydrogen-bond acceptors (Lipinski definition) is 2. The van der Waals surface area contributed by atoms with Gasteiger partial charge in [-0.2, -0.15) is 0 Å². The Bertz CT molecular complexity index is 766. The van der Waals surface area contributed by atoms with Crippen molar-refractivity contribution in [1.29, 1.82) is 0 Å². The zero-order valence-corrected chi connectivity index (χ0v) is 16.1. The van der Waals surface area contributed by atoms with Crippen LogP contribution in [0.3, 0.4) is 0 Å². The van der Waals surface area contributed by atoms with E-state index in [1.807, 2.05) is 44.2 Å². The number of hydrogen-bond donors (Lipinski definition) is 0. The fraction of sp³-hybridized carbons (Fsp3) is 0.409. The number of carbonyl (C=O) groups is 1. The Kier molecular flexibility index (Phi) is 5.20. The lowest BCUT2D eigenvalue weighted by molar-refractivity contribution is 0.0788. The summed E-state index contributed by atoms with van der Waals surface area (Å²) in [6.07, 6.45) is 3.67. The maximum absolute atomic E-state index is 13.8. The van der Waals surface area contributed by atoms with E-state index >= 15 is 0 Å². The number of Topliss-reactive ketones (excluding diaryl/α,β-unsaturated/α-hetero) is 1. The minimum absolute atomic E-state index is 0.0378. The molecule has 2 aromatic carbocycles. The second kappa shape index (κ2) is 7.22. The van der Waals surface area contributed by atoms with Gasteiger partial charge >= 0.3 is 0 Å². The highest BCUT2D eigenvalue weighted by atomic mass is 31.1. The minimum Gasteiger partial charge on any atom is -0.293 e. The number of carbonyl (C=O) groups excluding carboxylic acids is 1. The normalized spacial score (nSPS) is 17.6. The first-order valence-corrected chi connectivity index (χ1v) is 9.88. The van der Waals surface area contributed by atoms with E-state index in [1.165, 1.54) is 5.56 Å². The molecule has 2 nitrogen and oxygen atoms in total. The van der Waals surface area contributed by atoms with Gasteiger partial charge in [-0.15, -0.1) is 0 Å². The summed E-state index contributed by atoms with van der Waals surface area (Å²) in [6, 6.07) is 14.0. The lowest BCUT2D eigenvalue weighted by Gasteiger charge is -2.33. The molecule has 1 aliphatic rings. The van der Waals surface area contributed by atoms with Crippen LogP contribution >= 0.6 is 8.46 Å². The molecule has 1 unspecified atom stereocenters. The Labute approximate surface area is 151 Å². The Morgan fingerprint density at radius 2 is 1.56 bits per heavy atom. The molecule has 0 spiro atoms. The molecule has 1 aliphatic carbocycles. The lowest BCUT2D eigenvalue weighted by atomic mass is 9.72. The maximum atomic E-state index is 13.8. The zero-order valence-electron chi connectivity index (χ0n) is 15.2. The second-order valence-electron chi connectivity index (χ2n) is 7.38. The van der Waals surface area contributed by atoms with Gasteiger partial charge in [0.1, 0.15) is 0 Å². The van der Waals surface area contributed by atoms with Crippen LogP contribution in [0, 0.1) is 26.2 Å². The molecular formula is C22H25O2P. The summed E-state index contributed by atoms with van der Waals surface area (Å²) in [6.45, 7) is 6.09. The molecular weight excluding hydrogens is 327 g/mol. The molecule has 0 amide bonds. The van der Waals surface area contributed by atoms with Gasteiger partial charge in [-0.05, 0) is 50.3 Å².